The first kappa shape index (κ1) is 14.5. The van der Waals surface area contributed by atoms with Crippen molar-refractivity contribution in [3.8, 4) is 0 Å². The van der Waals surface area contributed by atoms with E-state index in [0.717, 1.165) is 10.0 Å². The molecule has 108 valence electrons. The maximum Gasteiger partial charge on any atom is 0.307 e. The molecular formula is C13H14FNO4S. The van der Waals surface area contributed by atoms with E-state index in [1.54, 1.807) is 0 Å². The zero-order valence-corrected chi connectivity index (χ0v) is 11.9. The number of benzene rings is 1. The second kappa shape index (κ2) is 4.90. The minimum absolute atomic E-state index is 0.124. The summed E-state index contributed by atoms with van der Waals surface area (Å²) in [6.07, 6.45) is -0.349. The molecule has 0 atom stereocenters. The summed E-state index contributed by atoms with van der Waals surface area (Å²) in [5.74, 6) is -1.75. The highest BCUT2D eigenvalue weighted by Gasteiger charge is 2.23. The van der Waals surface area contributed by atoms with Crippen molar-refractivity contribution in [2.45, 2.75) is 20.3 Å². The number of nitrogens with zero attached hydrogens (tertiary/aromatic N) is 1. The minimum atomic E-state index is -3.58. The molecule has 5 nitrogen and oxygen atoms in total. The second-order valence-corrected chi connectivity index (χ2v) is 6.57. The van der Waals surface area contributed by atoms with E-state index in [9.17, 15) is 17.6 Å². The number of carboxylic acid groups (broad SMARTS) is 1. The number of hydrogen-bond acceptors (Lipinski definition) is 3. The molecule has 0 saturated carbocycles. The molecule has 0 aliphatic heterocycles. The Kier molecular flexibility index (Phi) is 3.56. The molecule has 0 saturated heterocycles. The SMILES string of the molecule is CCS(=O)(=O)n1c(C)c(CC(=O)O)c2cc(F)ccc21. The summed E-state index contributed by atoms with van der Waals surface area (Å²) in [7, 11) is -3.58. The maximum atomic E-state index is 13.4. The lowest BCUT2D eigenvalue weighted by Crippen LogP contribution is -2.16. The van der Waals surface area contributed by atoms with Crippen molar-refractivity contribution in [2.24, 2.45) is 0 Å². The maximum absolute atomic E-state index is 13.4. The van der Waals surface area contributed by atoms with Gasteiger partial charge in [0.15, 0.2) is 0 Å². The number of rotatable bonds is 4. The van der Waals surface area contributed by atoms with Gasteiger partial charge in [-0.05, 0) is 37.6 Å². The Morgan fingerprint density at radius 1 is 1.40 bits per heavy atom. The van der Waals surface area contributed by atoms with Crippen LogP contribution in [0.3, 0.4) is 0 Å². The summed E-state index contributed by atoms with van der Waals surface area (Å²) < 4.78 is 38.7. The van der Waals surface area contributed by atoms with Crippen LogP contribution in [0, 0.1) is 12.7 Å². The molecule has 2 rings (SSSR count). The van der Waals surface area contributed by atoms with Crippen molar-refractivity contribution in [3.63, 3.8) is 0 Å². The number of carbonyl (C=O) groups is 1. The van der Waals surface area contributed by atoms with Crippen molar-refractivity contribution in [1.82, 2.24) is 3.97 Å². The molecule has 0 bridgehead atoms. The summed E-state index contributed by atoms with van der Waals surface area (Å²) in [6, 6.07) is 3.69. The van der Waals surface area contributed by atoms with Gasteiger partial charge in [0, 0.05) is 11.1 Å². The number of carboxylic acids is 1. The van der Waals surface area contributed by atoms with E-state index in [0.29, 0.717) is 22.2 Å². The van der Waals surface area contributed by atoms with E-state index >= 15 is 0 Å². The van der Waals surface area contributed by atoms with Crippen LogP contribution in [0.2, 0.25) is 0 Å². The lowest BCUT2D eigenvalue weighted by molar-refractivity contribution is -0.136. The summed E-state index contributed by atoms with van der Waals surface area (Å²) in [5.41, 5.74) is 0.945. The van der Waals surface area contributed by atoms with Gasteiger partial charge >= 0.3 is 5.97 Å². The Bertz CT molecular complexity index is 792. The average Bonchev–Trinajstić information content (AvgIpc) is 2.62. The molecule has 0 unspecified atom stereocenters. The van der Waals surface area contributed by atoms with Gasteiger partial charge in [0.25, 0.3) is 0 Å². The topological polar surface area (TPSA) is 76.4 Å². The van der Waals surface area contributed by atoms with Gasteiger partial charge in [-0.15, -0.1) is 0 Å². The van der Waals surface area contributed by atoms with Crippen molar-refractivity contribution < 1.29 is 22.7 Å². The summed E-state index contributed by atoms with van der Waals surface area (Å²) in [4.78, 5) is 10.9. The standard InChI is InChI=1S/C13H14FNO4S/c1-3-20(18,19)15-8(2)10(7-13(16)17)11-6-9(14)4-5-12(11)15/h4-6H,3,7H2,1-2H3,(H,16,17). The minimum Gasteiger partial charge on any atom is -0.481 e. The molecule has 1 N–H and O–H groups in total. The Morgan fingerprint density at radius 2 is 2.05 bits per heavy atom. The van der Waals surface area contributed by atoms with Crippen LogP contribution in [0.15, 0.2) is 18.2 Å². The highest BCUT2D eigenvalue weighted by atomic mass is 32.2. The molecule has 7 heteroatoms. The Morgan fingerprint density at radius 3 is 2.60 bits per heavy atom. The quantitative estimate of drug-likeness (QED) is 0.935. The Balaban J connectivity index is 2.90. The van der Waals surface area contributed by atoms with Crippen LogP contribution in [-0.4, -0.2) is 29.2 Å². The zero-order valence-electron chi connectivity index (χ0n) is 11.1. The Labute approximate surface area is 115 Å². The third-order valence-electron chi connectivity index (χ3n) is 3.21. The predicted octanol–water partition coefficient (Wildman–Crippen LogP) is 1.91. The molecule has 1 heterocycles. The zero-order chi connectivity index (χ0) is 15.1. The van der Waals surface area contributed by atoms with Gasteiger partial charge < -0.3 is 5.11 Å². The van der Waals surface area contributed by atoms with Crippen LogP contribution in [0.1, 0.15) is 18.2 Å². The molecule has 0 aliphatic carbocycles. The van der Waals surface area contributed by atoms with Crippen LogP contribution in [0.25, 0.3) is 10.9 Å². The Hall–Kier alpha value is -1.89. The molecule has 0 amide bonds. The van der Waals surface area contributed by atoms with E-state index in [4.69, 9.17) is 5.11 Å². The number of aromatic nitrogens is 1. The molecule has 0 radical (unpaired) electrons. The summed E-state index contributed by atoms with van der Waals surface area (Å²) in [6.45, 7) is 3.03. The molecule has 1 aromatic heterocycles. The largest absolute Gasteiger partial charge is 0.481 e. The third-order valence-corrected chi connectivity index (χ3v) is 4.97. The number of halogens is 1. The van der Waals surface area contributed by atoms with Gasteiger partial charge in [-0.3, -0.25) is 4.79 Å². The van der Waals surface area contributed by atoms with Gasteiger partial charge in [0.2, 0.25) is 10.0 Å². The van der Waals surface area contributed by atoms with E-state index in [1.807, 2.05) is 0 Å². The van der Waals surface area contributed by atoms with Crippen LogP contribution in [0.5, 0.6) is 0 Å². The van der Waals surface area contributed by atoms with Crippen LogP contribution in [-0.2, 0) is 21.2 Å². The van der Waals surface area contributed by atoms with E-state index in [1.165, 1.54) is 26.0 Å². The summed E-state index contributed by atoms with van der Waals surface area (Å²) >= 11 is 0. The first-order valence-corrected chi connectivity index (χ1v) is 7.63. The molecule has 1 aromatic carbocycles. The fraction of sp³-hybridized carbons (Fsp3) is 0.308. The van der Waals surface area contributed by atoms with Gasteiger partial charge in [-0.2, -0.15) is 0 Å². The normalized spacial score (nSPS) is 11.9. The van der Waals surface area contributed by atoms with Crippen molar-refractivity contribution in [3.05, 3.63) is 35.3 Å². The molecule has 2 aromatic rings. The second-order valence-electron chi connectivity index (χ2n) is 4.46. The fourth-order valence-corrected chi connectivity index (χ4v) is 3.53. The van der Waals surface area contributed by atoms with Crippen molar-refractivity contribution >= 4 is 26.9 Å². The summed E-state index contributed by atoms with van der Waals surface area (Å²) in [5, 5.41) is 9.26. The fourth-order valence-electron chi connectivity index (χ4n) is 2.29. The van der Waals surface area contributed by atoms with Gasteiger partial charge in [0.05, 0.1) is 17.7 Å². The van der Waals surface area contributed by atoms with E-state index in [2.05, 4.69) is 0 Å². The van der Waals surface area contributed by atoms with Crippen LogP contribution < -0.4 is 0 Å². The van der Waals surface area contributed by atoms with Gasteiger partial charge in [-0.25, -0.2) is 16.8 Å². The molecule has 0 spiro atoms. The lowest BCUT2D eigenvalue weighted by atomic mass is 10.1. The smallest absolute Gasteiger partial charge is 0.307 e. The van der Waals surface area contributed by atoms with Gasteiger partial charge in [-0.1, -0.05) is 0 Å². The number of hydrogen-bond donors (Lipinski definition) is 1. The third kappa shape index (κ3) is 2.29. The van der Waals surface area contributed by atoms with Gasteiger partial charge in [0.1, 0.15) is 5.82 Å². The van der Waals surface area contributed by atoms with E-state index < -0.39 is 21.8 Å². The number of fused-ring (bicyclic) bond motifs is 1. The lowest BCUT2D eigenvalue weighted by Gasteiger charge is -2.07. The first-order chi connectivity index (χ1) is 9.27. The predicted molar refractivity (Wildman–Crippen MR) is 72.8 cm³/mol. The molecule has 20 heavy (non-hydrogen) atoms. The van der Waals surface area contributed by atoms with Crippen molar-refractivity contribution in [1.29, 1.82) is 0 Å². The van der Waals surface area contributed by atoms with E-state index in [-0.39, 0.29) is 12.2 Å². The average molecular weight is 299 g/mol. The highest BCUT2D eigenvalue weighted by Crippen LogP contribution is 2.29. The van der Waals surface area contributed by atoms with Crippen molar-refractivity contribution in [2.75, 3.05) is 5.75 Å². The highest BCUT2D eigenvalue weighted by molar-refractivity contribution is 7.90. The molecule has 0 aliphatic rings. The first-order valence-electron chi connectivity index (χ1n) is 6.02. The molecular weight excluding hydrogens is 285 g/mol. The van der Waals surface area contributed by atoms with Crippen LogP contribution >= 0.6 is 0 Å². The van der Waals surface area contributed by atoms with Crippen LogP contribution in [0.4, 0.5) is 4.39 Å². The number of aliphatic carboxylic acids is 1. The monoisotopic (exact) mass is 299 g/mol. The molecule has 0 fully saturated rings.